The lowest BCUT2D eigenvalue weighted by Gasteiger charge is -2.39. The summed E-state index contributed by atoms with van der Waals surface area (Å²) in [5, 5.41) is 3.73. The molecule has 0 saturated carbocycles. The molecule has 1 aliphatic heterocycles. The highest BCUT2D eigenvalue weighted by atomic mass is 16.5. The molecule has 1 aliphatic rings. The number of carbonyl (C=O) groups excluding carboxylic acids is 2. The Morgan fingerprint density at radius 2 is 2.32 bits per heavy atom. The Morgan fingerprint density at radius 3 is 2.84 bits per heavy atom. The molecule has 2 amide bonds. The maximum Gasteiger partial charge on any atom is 0.276 e. The molecule has 1 saturated heterocycles. The van der Waals surface area contributed by atoms with Crippen molar-refractivity contribution >= 4 is 11.8 Å². The van der Waals surface area contributed by atoms with Gasteiger partial charge in [-0.1, -0.05) is 12.1 Å². The largest absolute Gasteiger partial charge is 0.369 e. The summed E-state index contributed by atoms with van der Waals surface area (Å²) in [4.78, 5) is 25.6. The molecule has 6 nitrogen and oxygen atoms in total. The van der Waals surface area contributed by atoms with Crippen molar-refractivity contribution < 1.29 is 14.1 Å². The molecule has 0 radical (unpaired) electrons. The third-order valence-corrected chi connectivity index (χ3v) is 3.91. The second kappa shape index (κ2) is 5.03. The van der Waals surface area contributed by atoms with Crippen LogP contribution in [0, 0.1) is 12.3 Å². The first kappa shape index (κ1) is 13.6. The van der Waals surface area contributed by atoms with Crippen LogP contribution >= 0.6 is 0 Å². The van der Waals surface area contributed by atoms with Crippen molar-refractivity contribution in [1.29, 1.82) is 0 Å². The quantitative estimate of drug-likeness (QED) is 0.886. The molecule has 2 rings (SSSR count). The van der Waals surface area contributed by atoms with Gasteiger partial charge in [0.1, 0.15) is 5.76 Å². The summed E-state index contributed by atoms with van der Waals surface area (Å²) in [6.45, 7) is 4.65. The molecule has 0 spiro atoms. The van der Waals surface area contributed by atoms with Gasteiger partial charge in [-0.25, -0.2) is 0 Å². The third kappa shape index (κ3) is 2.47. The average molecular weight is 265 g/mol. The van der Waals surface area contributed by atoms with E-state index in [1.165, 1.54) is 0 Å². The Hall–Kier alpha value is -1.85. The second-order valence-corrected chi connectivity index (χ2v) is 5.15. The summed E-state index contributed by atoms with van der Waals surface area (Å²) in [5.74, 6) is 0.0662. The van der Waals surface area contributed by atoms with Gasteiger partial charge in [0, 0.05) is 19.2 Å². The summed E-state index contributed by atoms with van der Waals surface area (Å²) in [7, 11) is 0. The van der Waals surface area contributed by atoms with Gasteiger partial charge in [0.05, 0.1) is 5.41 Å². The monoisotopic (exact) mass is 265 g/mol. The predicted octanol–water partition coefficient (Wildman–Crippen LogP) is 1.10. The van der Waals surface area contributed by atoms with Gasteiger partial charge in [-0.3, -0.25) is 9.59 Å². The number of rotatable bonds is 3. The van der Waals surface area contributed by atoms with Crippen molar-refractivity contribution in [1.82, 2.24) is 10.1 Å². The summed E-state index contributed by atoms with van der Waals surface area (Å²) in [5.41, 5.74) is 5.19. The number of aromatic nitrogens is 1. The molecule has 19 heavy (non-hydrogen) atoms. The lowest BCUT2D eigenvalue weighted by Crippen LogP contribution is -2.51. The van der Waals surface area contributed by atoms with E-state index in [4.69, 9.17) is 10.3 Å². The van der Waals surface area contributed by atoms with E-state index in [9.17, 15) is 9.59 Å². The number of nitrogens with zero attached hydrogens (tertiary/aromatic N) is 2. The molecular formula is C13H19N3O3. The van der Waals surface area contributed by atoms with Crippen LogP contribution in [0.15, 0.2) is 10.6 Å². The van der Waals surface area contributed by atoms with Crippen molar-refractivity contribution in [2.75, 3.05) is 13.1 Å². The van der Waals surface area contributed by atoms with Gasteiger partial charge in [-0.15, -0.1) is 0 Å². The lowest BCUT2D eigenvalue weighted by molar-refractivity contribution is -0.130. The number of primary amides is 1. The summed E-state index contributed by atoms with van der Waals surface area (Å²) < 4.78 is 4.91. The van der Waals surface area contributed by atoms with Gasteiger partial charge < -0.3 is 15.2 Å². The number of nitrogens with two attached hydrogens (primary N) is 1. The summed E-state index contributed by atoms with van der Waals surface area (Å²) >= 11 is 0. The maximum absolute atomic E-state index is 12.3. The van der Waals surface area contributed by atoms with Gasteiger partial charge in [0.2, 0.25) is 5.91 Å². The molecule has 2 heterocycles. The van der Waals surface area contributed by atoms with Gasteiger partial charge in [0.25, 0.3) is 5.91 Å². The normalized spacial score (nSPS) is 23.4. The van der Waals surface area contributed by atoms with Gasteiger partial charge in [-0.05, 0) is 26.2 Å². The van der Waals surface area contributed by atoms with Crippen LogP contribution in [0.1, 0.15) is 42.4 Å². The number of piperidine rings is 1. The van der Waals surface area contributed by atoms with Crippen LogP contribution in [0.2, 0.25) is 0 Å². The van der Waals surface area contributed by atoms with Crippen molar-refractivity contribution in [2.45, 2.75) is 33.1 Å². The molecule has 2 N–H and O–H groups in total. The zero-order valence-corrected chi connectivity index (χ0v) is 11.3. The van der Waals surface area contributed by atoms with Crippen LogP contribution in [0.4, 0.5) is 0 Å². The van der Waals surface area contributed by atoms with Crippen LogP contribution in [-0.4, -0.2) is 35.0 Å². The molecule has 1 aromatic heterocycles. The molecule has 0 aliphatic carbocycles. The topological polar surface area (TPSA) is 89.4 Å². The molecule has 104 valence electrons. The first-order chi connectivity index (χ1) is 8.98. The van der Waals surface area contributed by atoms with Gasteiger partial charge >= 0.3 is 0 Å². The third-order valence-electron chi connectivity index (χ3n) is 3.91. The van der Waals surface area contributed by atoms with Crippen molar-refractivity contribution in [3.63, 3.8) is 0 Å². The molecule has 1 unspecified atom stereocenters. The minimum atomic E-state index is -0.604. The zero-order chi connectivity index (χ0) is 14.0. The molecule has 1 aromatic rings. The maximum atomic E-state index is 12.3. The van der Waals surface area contributed by atoms with Crippen molar-refractivity contribution in [3.05, 3.63) is 17.5 Å². The molecule has 1 fully saturated rings. The number of aryl methyl sites for hydroxylation is 1. The molecule has 1 atom stereocenters. The first-order valence-corrected chi connectivity index (χ1v) is 6.51. The summed E-state index contributed by atoms with van der Waals surface area (Å²) in [6.07, 6.45) is 2.16. The van der Waals surface area contributed by atoms with Crippen LogP contribution in [0.5, 0.6) is 0 Å². The van der Waals surface area contributed by atoms with Crippen LogP contribution < -0.4 is 5.73 Å². The highest BCUT2D eigenvalue weighted by Gasteiger charge is 2.41. The molecule has 6 heteroatoms. The van der Waals surface area contributed by atoms with E-state index < -0.39 is 5.41 Å². The number of carbonyl (C=O) groups is 2. The summed E-state index contributed by atoms with van der Waals surface area (Å²) in [6, 6.07) is 1.61. The smallest absolute Gasteiger partial charge is 0.276 e. The molecule has 0 bridgehead atoms. The Kier molecular flexibility index (Phi) is 3.59. The average Bonchev–Trinajstić information content (AvgIpc) is 2.84. The fraction of sp³-hybridized carbons (Fsp3) is 0.615. The highest BCUT2D eigenvalue weighted by molar-refractivity contribution is 5.93. The first-order valence-electron chi connectivity index (χ1n) is 6.51. The van der Waals surface area contributed by atoms with E-state index in [1.807, 2.05) is 6.92 Å². The number of amides is 2. The predicted molar refractivity (Wildman–Crippen MR) is 68.3 cm³/mol. The Morgan fingerprint density at radius 1 is 1.58 bits per heavy atom. The zero-order valence-electron chi connectivity index (χ0n) is 11.3. The Labute approximate surface area is 111 Å². The minimum absolute atomic E-state index is 0.198. The lowest BCUT2D eigenvalue weighted by atomic mass is 9.77. The molecule has 0 aromatic carbocycles. The Bertz CT molecular complexity index is 497. The SMILES string of the molecule is CCC1(C(N)=O)CCCN(C(=O)c2cc(C)on2)C1. The standard InChI is InChI=1S/C13H19N3O3/c1-3-13(12(14)18)5-4-6-16(8-13)11(17)10-7-9(2)19-15-10/h7H,3-6,8H2,1-2H3,(H2,14,18). The second-order valence-electron chi connectivity index (χ2n) is 5.15. The number of likely N-dealkylation sites (tertiary alicyclic amines) is 1. The number of hydrogen-bond donors (Lipinski definition) is 1. The molecular weight excluding hydrogens is 246 g/mol. The van der Waals surface area contributed by atoms with E-state index in [0.717, 1.165) is 12.8 Å². The van der Waals surface area contributed by atoms with Gasteiger partial charge in [0.15, 0.2) is 5.69 Å². The van der Waals surface area contributed by atoms with E-state index >= 15 is 0 Å². The number of hydrogen-bond acceptors (Lipinski definition) is 4. The highest BCUT2D eigenvalue weighted by Crippen LogP contribution is 2.33. The fourth-order valence-electron chi connectivity index (χ4n) is 2.60. The van der Waals surface area contributed by atoms with E-state index in [1.54, 1.807) is 17.9 Å². The minimum Gasteiger partial charge on any atom is -0.369 e. The van der Waals surface area contributed by atoms with E-state index in [0.29, 0.717) is 25.3 Å². The Balaban J connectivity index is 2.17. The van der Waals surface area contributed by atoms with Crippen molar-refractivity contribution in [2.24, 2.45) is 11.1 Å². The van der Waals surface area contributed by atoms with Crippen LogP contribution in [0.25, 0.3) is 0 Å². The van der Waals surface area contributed by atoms with Gasteiger partial charge in [-0.2, -0.15) is 0 Å². The van der Waals surface area contributed by atoms with Crippen LogP contribution in [0.3, 0.4) is 0 Å². The van der Waals surface area contributed by atoms with Crippen molar-refractivity contribution in [3.8, 4) is 0 Å². The van der Waals surface area contributed by atoms with E-state index in [-0.39, 0.29) is 17.5 Å². The fourth-order valence-corrected chi connectivity index (χ4v) is 2.60. The van der Waals surface area contributed by atoms with E-state index in [2.05, 4.69) is 5.16 Å². The van der Waals surface area contributed by atoms with Crippen LogP contribution in [-0.2, 0) is 4.79 Å².